The molecule has 0 radical (unpaired) electrons. The number of allylic oxidation sites excluding steroid dienone is 4. The molecule has 0 spiro atoms. The molecule has 9 heterocycles. The standard InChI is InChI=1S/C28H39N7O4S.C26H27F3N4O4S.C25H25F2N3O4S/c1-19-16-28(5,6)34(17-19)25-20(26(36)32-40(37,38)24-11-9-10-21(29-24)33(7)8)12-13-22(30-25)35-15-14-23(31-35)39-18-27(2,3)4;1-17-14-25(2,3)33(15-17)23-20(9-6-12-30-23)24(34)32-38(35,36)22-11-5-10-21(31-22)37-16-18-7-4-8-19(13-18)26(27,28)29;1-15-13-25(2,3)30(14-15)23-17(9-11-20(28-23)18-12-16(26)8-10-19(18)27)24(32)29-35(33,34)22-7-5-4-6-21(22)31/h9-15,19H,16-18H2,1-8H3,(H,32,36);4-13,17H,14-16H2,1-3H3,(H,32,34);4-5,7-12,15H,6,13-14H2,1-3H3,(H,29,32)/t19-;;15-/m0.0/s1. The Morgan fingerprint density at radius 1 is 0.593 bits per heavy atom. The molecular weight excluding hydrogens is 1530 g/mol. The zero-order valence-corrected chi connectivity index (χ0v) is 67.4. The summed E-state index contributed by atoms with van der Waals surface area (Å²) in [5.74, 6) is -1.39. The van der Waals surface area contributed by atoms with Crippen molar-refractivity contribution in [2.45, 2.75) is 148 Å². The monoisotopic (exact) mass is 1620 g/mol. The molecular formula is C79H91F5N14O12S3. The van der Waals surface area contributed by atoms with E-state index in [2.05, 4.69) is 83.1 Å². The summed E-state index contributed by atoms with van der Waals surface area (Å²) >= 11 is 0. The number of sulfonamides is 3. The second-order valence-electron chi connectivity index (χ2n) is 31.7. The Kier molecular flexibility index (Phi) is 24.8. The zero-order valence-electron chi connectivity index (χ0n) is 65.0. The highest BCUT2D eigenvalue weighted by molar-refractivity contribution is 7.95. The molecule has 4 aliphatic rings. The fourth-order valence-electron chi connectivity index (χ4n) is 14.0. The Morgan fingerprint density at radius 3 is 1.69 bits per heavy atom. The van der Waals surface area contributed by atoms with Gasteiger partial charge in [0.05, 0.1) is 34.6 Å². The summed E-state index contributed by atoms with van der Waals surface area (Å²) in [6.45, 7) is 26.8. The van der Waals surface area contributed by atoms with E-state index in [9.17, 15) is 66.4 Å². The lowest BCUT2D eigenvalue weighted by Gasteiger charge is -2.34. The van der Waals surface area contributed by atoms with E-state index >= 15 is 0 Å². The molecule has 3 amide bonds. The third-order valence-electron chi connectivity index (χ3n) is 18.9. The smallest absolute Gasteiger partial charge is 0.416 e. The molecule has 0 saturated carbocycles. The van der Waals surface area contributed by atoms with Crippen molar-refractivity contribution >= 4 is 76.8 Å². The van der Waals surface area contributed by atoms with Gasteiger partial charge in [0.1, 0.15) is 46.4 Å². The van der Waals surface area contributed by atoms with Crippen molar-refractivity contribution in [2.75, 3.05) is 59.9 Å². The van der Waals surface area contributed by atoms with Gasteiger partial charge in [-0.05, 0) is 181 Å². The number of carbonyl (C=O) groups is 4. The van der Waals surface area contributed by atoms with E-state index in [1.165, 1.54) is 66.7 Å². The average molecular weight is 1620 g/mol. The van der Waals surface area contributed by atoms with Gasteiger partial charge >= 0.3 is 6.18 Å². The topological polar surface area (TPSA) is 320 Å². The Balaban J connectivity index is 0.000000180. The summed E-state index contributed by atoms with van der Waals surface area (Å²) in [4.78, 5) is 80.8. The van der Waals surface area contributed by atoms with Crippen LogP contribution in [0.3, 0.4) is 0 Å². The third kappa shape index (κ3) is 20.6. The third-order valence-corrected chi connectivity index (χ3v) is 22.7. The summed E-state index contributed by atoms with van der Waals surface area (Å²) in [6, 6.07) is 26.8. The summed E-state index contributed by atoms with van der Waals surface area (Å²) < 4.78 is 164. The minimum absolute atomic E-state index is 0.0219. The van der Waals surface area contributed by atoms with Crippen molar-refractivity contribution in [3.05, 3.63) is 196 Å². The number of rotatable bonds is 20. The number of pyridine rings is 5. The molecule has 3 fully saturated rings. The van der Waals surface area contributed by atoms with Crippen molar-refractivity contribution in [3.63, 3.8) is 0 Å². The van der Waals surface area contributed by atoms with Crippen molar-refractivity contribution in [1.29, 1.82) is 0 Å². The lowest BCUT2D eigenvalue weighted by atomic mass is 9.97. The Labute approximate surface area is 654 Å². The first-order valence-corrected chi connectivity index (χ1v) is 40.6. The molecule has 1 unspecified atom stereocenters. The van der Waals surface area contributed by atoms with Gasteiger partial charge < -0.3 is 29.1 Å². The maximum Gasteiger partial charge on any atom is 0.416 e. The van der Waals surface area contributed by atoms with Crippen LogP contribution in [0.2, 0.25) is 0 Å². The highest BCUT2D eigenvalue weighted by Crippen LogP contribution is 2.42. The van der Waals surface area contributed by atoms with Crippen molar-refractivity contribution < 1.29 is 75.9 Å². The van der Waals surface area contributed by atoms with Crippen LogP contribution in [0.5, 0.6) is 11.8 Å². The van der Waals surface area contributed by atoms with Crippen molar-refractivity contribution in [2.24, 2.45) is 23.2 Å². The molecule has 3 atom stereocenters. The summed E-state index contributed by atoms with van der Waals surface area (Å²) in [7, 11) is -9.56. The lowest BCUT2D eigenvalue weighted by molar-refractivity contribution is -0.137. The van der Waals surface area contributed by atoms with Gasteiger partial charge in [-0.3, -0.25) is 19.2 Å². The minimum atomic E-state index is -4.50. The summed E-state index contributed by atoms with van der Waals surface area (Å²) in [5.41, 5.74) is -1.42. The number of hydrogen-bond acceptors (Lipinski definition) is 22. The number of benzene rings is 2. The molecule has 113 heavy (non-hydrogen) atoms. The van der Waals surface area contributed by atoms with Gasteiger partial charge in [0.15, 0.2) is 21.7 Å². The summed E-state index contributed by atoms with van der Waals surface area (Å²) in [6.07, 6.45) is 5.37. The predicted molar refractivity (Wildman–Crippen MR) is 417 cm³/mol. The highest BCUT2D eigenvalue weighted by atomic mass is 32.2. The first-order chi connectivity index (χ1) is 52.7. The van der Waals surface area contributed by atoms with E-state index in [0.717, 1.165) is 55.7 Å². The van der Waals surface area contributed by atoms with E-state index in [4.69, 9.17) is 14.5 Å². The number of ketones is 1. The van der Waals surface area contributed by atoms with Gasteiger partial charge in [-0.1, -0.05) is 78.0 Å². The van der Waals surface area contributed by atoms with Crippen molar-refractivity contribution in [1.82, 2.24) is 48.9 Å². The second-order valence-corrected chi connectivity index (χ2v) is 36.6. The average Bonchev–Trinajstić information content (AvgIpc) is 1.70. The molecule has 12 rings (SSSR count). The number of amides is 3. The number of nitrogens with one attached hydrogen (secondary N) is 3. The fourth-order valence-corrected chi connectivity index (χ4v) is 16.9. The molecule has 602 valence electrons. The molecule has 3 N–H and O–H groups in total. The van der Waals surface area contributed by atoms with E-state index in [1.807, 2.05) is 53.9 Å². The van der Waals surface area contributed by atoms with Gasteiger partial charge in [0.2, 0.25) is 11.8 Å². The van der Waals surface area contributed by atoms with Gasteiger partial charge in [-0.15, -0.1) is 5.10 Å². The Morgan fingerprint density at radius 2 is 1.13 bits per heavy atom. The largest absolute Gasteiger partial charge is 0.476 e. The quantitative estimate of drug-likeness (QED) is 0.0597. The van der Waals surface area contributed by atoms with E-state index in [1.54, 1.807) is 72.5 Å². The van der Waals surface area contributed by atoms with Crippen LogP contribution < -0.4 is 43.2 Å². The molecule has 0 bridgehead atoms. The summed E-state index contributed by atoms with van der Waals surface area (Å²) in [5, 5.41) is 3.78. The predicted octanol–water partition coefficient (Wildman–Crippen LogP) is 12.8. The first kappa shape index (κ1) is 84.7. The molecule has 3 saturated heterocycles. The van der Waals surface area contributed by atoms with Gasteiger partial charge in [0.25, 0.3) is 47.8 Å². The number of aromatic nitrogens is 7. The Hall–Kier alpha value is -10.7. The van der Waals surface area contributed by atoms with Crippen LogP contribution in [-0.2, 0) is 47.6 Å². The lowest BCUT2D eigenvalue weighted by Crippen LogP contribution is -2.41. The highest BCUT2D eigenvalue weighted by Gasteiger charge is 2.43. The Bertz CT molecular complexity index is 5360. The molecule has 6 aromatic heterocycles. The van der Waals surface area contributed by atoms with Crippen LogP contribution in [0.4, 0.5) is 45.2 Å². The number of anilines is 4. The SMILES string of the molecule is CC1CN(c2ncccc2C(=O)NS(=O)(=O)c2cccc(OCc3cccc(C(F)(F)F)c3)n2)C(C)(C)C1.C[C@@H]1CN(c2nc(-c3cc(F)ccc3F)ccc2C(=O)NS(=O)(=O)C2=CC=CCC2=O)C(C)(C)C1.C[C@@H]1CN(c2nc(-n3ccc(OCC(C)(C)C)n3)ccc2C(=O)NS(=O)(=O)c2cccc(N(C)C)n2)C(C)(C)C1. The maximum absolute atomic E-state index is 14.5. The van der Waals surface area contributed by atoms with Crippen LogP contribution in [0, 0.1) is 34.8 Å². The number of hydrogen-bond donors (Lipinski definition) is 3. The number of halogens is 5. The van der Waals surface area contributed by atoms with Crippen LogP contribution in [0.1, 0.15) is 151 Å². The number of nitrogens with zero attached hydrogens (tertiary/aromatic N) is 11. The minimum Gasteiger partial charge on any atom is -0.476 e. The second kappa shape index (κ2) is 33.1. The zero-order chi connectivity index (χ0) is 82.7. The van der Waals surface area contributed by atoms with Crippen LogP contribution in [0.25, 0.3) is 17.1 Å². The van der Waals surface area contributed by atoms with E-state index in [-0.39, 0.29) is 85.7 Å². The molecule has 34 heteroatoms. The molecule has 26 nitrogen and oxygen atoms in total. The van der Waals surface area contributed by atoms with Gasteiger partial charge in [-0.2, -0.15) is 35.0 Å². The maximum atomic E-state index is 14.5. The molecule has 8 aromatic rings. The van der Waals surface area contributed by atoms with E-state index in [0.29, 0.717) is 67.2 Å². The van der Waals surface area contributed by atoms with E-state index < -0.39 is 92.4 Å². The number of carbonyl (C=O) groups excluding carboxylic acids is 4. The van der Waals surface area contributed by atoms with Crippen molar-refractivity contribution in [3.8, 4) is 28.8 Å². The van der Waals surface area contributed by atoms with Crippen LogP contribution in [-0.4, -0.2) is 140 Å². The number of Topliss-reactive ketones (excluding diaryl/α,β-unsaturated/α-hetero) is 1. The number of alkyl halides is 3. The first-order valence-electron chi connectivity index (χ1n) is 36.2. The number of ether oxygens (including phenoxy) is 2. The van der Waals surface area contributed by atoms with Gasteiger partial charge in [-0.25, -0.2) is 56.0 Å². The molecule has 3 aliphatic heterocycles. The molecule has 1 aliphatic carbocycles. The normalized spacial score (nSPS) is 17.9. The van der Waals surface area contributed by atoms with Gasteiger partial charge in [0, 0.05) is 86.9 Å². The van der Waals surface area contributed by atoms with Crippen LogP contribution >= 0.6 is 0 Å². The molecule has 2 aromatic carbocycles. The fraction of sp³-hybridized carbons (Fsp3) is 0.392. The van der Waals surface area contributed by atoms with Crippen LogP contribution in [0.15, 0.2) is 167 Å².